The van der Waals surface area contributed by atoms with Crippen LogP contribution in [0.15, 0.2) is 0 Å². The zero-order valence-corrected chi connectivity index (χ0v) is 7.17. The summed E-state index contributed by atoms with van der Waals surface area (Å²) in [6, 6.07) is 0. The van der Waals surface area contributed by atoms with Crippen LogP contribution in [0.1, 0.15) is 19.8 Å². The molecule has 0 aromatic rings. The molecule has 1 saturated heterocycles. The molecule has 1 aliphatic rings. The maximum Gasteiger partial charge on any atom is 0.225 e. The molecule has 1 heterocycles. The molecule has 1 amide bonds. The van der Waals surface area contributed by atoms with Crippen LogP contribution in [0.3, 0.4) is 0 Å². The highest BCUT2D eigenvalue weighted by Gasteiger charge is 2.28. The first-order chi connectivity index (χ1) is 5.27. The highest BCUT2D eigenvalue weighted by molar-refractivity contribution is 5.79. The SMILES string of the molecule is CCCN1CC(OC)CC1=O. The summed E-state index contributed by atoms with van der Waals surface area (Å²) in [4.78, 5) is 13.0. The van der Waals surface area contributed by atoms with Crippen molar-refractivity contribution in [2.45, 2.75) is 25.9 Å². The number of likely N-dealkylation sites (tertiary alicyclic amines) is 1. The van der Waals surface area contributed by atoms with Crippen molar-refractivity contribution in [1.82, 2.24) is 4.90 Å². The summed E-state index contributed by atoms with van der Waals surface area (Å²) in [5.41, 5.74) is 0. The Kier molecular flexibility index (Phi) is 2.88. The van der Waals surface area contributed by atoms with Gasteiger partial charge in [0.05, 0.1) is 12.5 Å². The fraction of sp³-hybridized carbons (Fsp3) is 0.875. The third-order valence-electron chi connectivity index (χ3n) is 2.01. The first kappa shape index (κ1) is 8.53. The predicted octanol–water partition coefficient (Wildman–Crippen LogP) is 0.644. The average molecular weight is 157 g/mol. The van der Waals surface area contributed by atoms with Gasteiger partial charge >= 0.3 is 0 Å². The molecule has 1 rings (SSSR count). The van der Waals surface area contributed by atoms with Crippen LogP contribution in [0.5, 0.6) is 0 Å². The van der Waals surface area contributed by atoms with Crippen molar-refractivity contribution >= 4 is 5.91 Å². The Morgan fingerprint density at radius 3 is 2.91 bits per heavy atom. The maximum atomic E-state index is 11.2. The van der Waals surface area contributed by atoms with Crippen LogP contribution in [0.25, 0.3) is 0 Å². The number of nitrogens with zero attached hydrogens (tertiary/aromatic N) is 1. The van der Waals surface area contributed by atoms with Gasteiger partial charge in [0.15, 0.2) is 0 Å². The molecule has 0 radical (unpaired) electrons. The van der Waals surface area contributed by atoms with Crippen LogP contribution >= 0.6 is 0 Å². The van der Waals surface area contributed by atoms with E-state index in [0.29, 0.717) is 6.42 Å². The first-order valence-electron chi connectivity index (χ1n) is 4.08. The highest BCUT2D eigenvalue weighted by Crippen LogP contribution is 2.13. The number of hydrogen-bond acceptors (Lipinski definition) is 2. The van der Waals surface area contributed by atoms with Crippen molar-refractivity contribution in [3.05, 3.63) is 0 Å². The minimum absolute atomic E-state index is 0.133. The van der Waals surface area contributed by atoms with Gasteiger partial charge in [-0.25, -0.2) is 0 Å². The van der Waals surface area contributed by atoms with Crippen LogP contribution < -0.4 is 0 Å². The van der Waals surface area contributed by atoms with E-state index < -0.39 is 0 Å². The minimum Gasteiger partial charge on any atom is -0.379 e. The molecular weight excluding hydrogens is 142 g/mol. The molecule has 0 aromatic heterocycles. The van der Waals surface area contributed by atoms with Gasteiger partial charge in [-0.1, -0.05) is 6.92 Å². The van der Waals surface area contributed by atoms with Crippen molar-refractivity contribution in [3.63, 3.8) is 0 Å². The summed E-state index contributed by atoms with van der Waals surface area (Å²) >= 11 is 0. The molecule has 1 unspecified atom stereocenters. The third-order valence-corrected chi connectivity index (χ3v) is 2.01. The molecule has 3 heteroatoms. The van der Waals surface area contributed by atoms with Crippen LogP contribution in [-0.2, 0) is 9.53 Å². The Morgan fingerprint density at radius 1 is 1.73 bits per heavy atom. The lowest BCUT2D eigenvalue weighted by atomic mass is 10.3. The smallest absolute Gasteiger partial charge is 0.225 e. The van der Waals surface area contributed by atoms with E-state index in [2.05, 4.69) is 6.92 Å². The van der Waals surface area contributed by atoms with Gasteiger partial charge in [-0.2, -0.15) is 0 Å². The lowest BCUT2D eigenvalue weighted by Gasteiger charge is -2.14. The largest absolute Gasteiger partial charge is 0.379 e. The third kappa shape index (κ3) is 1.93. The van der Waals surface area contributed by atoms with Crippen LogP contribution in [0.2, 0.25) is 0 Å². The van der Waals surface area contributed by atoms with Gasteiger partial charge in [0.1, 0.15) is 0 Å². The Morgan fingerprint density at radius 2 is 2.45 bits per heavy atom. The van der Waals surface area contributed by atoms with Gasteiger partial charge in [-0.05, 0) is 6.42 Å². The molecule has 64 valence electrons. The number of methoxy groups -OCH3 is 1. The summed E-state index contributed by atoms with van der Waals surface area (Å²) in [5.74, 6) is 0.235. The molecule has 0 aromatic carbocycles. The van der Waals surface area contributed by atoms with Gasteiger partial charge in [-0.3, -0.25) is 4.79 Å². The normalized spacial score (nSPS) is 24.7. The topological polar surface area (TPSA) is 29.5 Å². The second kappa shape index (κ2) is 3.72. The Hall–Kier alpha value is -0.570. The number of ether oxygens (including phenoxy) is 1. The highest BCUT2D eigenvalue weighted by atomic mass is 16.5. The zero-order valence-electron chi connectivity index (χ0n) is 7.17. The number of rotatable bonds is 3. The number of hydrogen-bond donors (Lipinski definition) is 0. The van der Waals surface area contributed by atoms with E-state index in [4.69, 9.17) is 4.74 Å². The lowest BCUT2D eigenvalue weighted by Crippen LogP contribution is -2.26. The molecule has 0 saturated carbocycles. The quantitative estimate of drug-likeness (QED) is 0.601. The second-order valence-corrected chi connectivity index (χ2v) is 2.90. The first-order valence-corrected chi connectivity index (χ1v) is 4.08. The number of carbonyl (C=O) groups is 1. The second-order valence-electron chi connectivity index (χ2n) is 2.90. The fourth-order valence-corrected chi connectivity index (χ4v) is 1.38. The summed E-state index contributed by atoms with van der Waals surface area (Å²) in [6.45, 7) is 3.73. The lowest BCUT2D eigenvalue weighted by molar-refractivity contribution is -0.127. The monoisotopic (exact) mass is 157 g/mol. The summed E-state index contributed by atoms with van der Waals surface area (Å²) in [6.07, 6.45) is 1.73. The summed E-state index contributed by atoms with van der Waals surface area (Å²) in [7, 11) is 1.66. The van der Waals surface area contributed by atoms with E-state index >= 15 is 0 Å². The number of amides is 1. The molecule has 3 nitrogen and oxygen atoms in total. The maximum absolute atomic E-state index is 11.2. The molecule has 0 spiro atoms. The molecular formula is C8H15NO2. The van der Waals surface area contributed by atoms with Gasteiger partial charge in [0, 0.05) is 20.2 Å². The predicted molar refractivity (Wildman–Crippen MR) is 42.3 cm³/mol. The summed E-state index contributed by atoms with van der Waals surface area (Å²) in [5, 5.41) is 0. The molecule has 1 fully saturated rings. The molecule has 11 heavy (non-hydrogen) atoms. The van der Waals surface area contributed by atoms with Crippen molar-refractivity contribution in [2.75, 3.05) is 20.2 Å². The Labute approximate surface area is 67.3 Å². The molecule has 0 bridgehead atoms. The van der Waals surface area contributed by atoms with Crippen molar-refractivity contribution in [2.24, 2.45) is 0 Å². The standard InChI is InChI=1S/C8H15NO2/c1-3-4-9-6-7(11-2)5-8(9)10/h7H,3-6H2,1-2H3. The minimum atomic E-state index is 0.133. The zero-order chi connectivity index (χ0) is 8.27. The van der Waals surface area contributed by atoms with Gasteiger partial charge in [0.2, 0.25) is 5.91 Å². The Balaban J connectivity index is 2.38. The van der Waals surface area contributed by atoms with E-state index in [-0.39, 0.29) is 12.0 Å². The fourth-order valence-electron chi connectivity index (χ4n) is 1.38. The number of carbonyl (C=O) groups excluding carboxylic acids is 1. The van der Waals surface area contributed by atoms with E-state index in [1.807, 2.05) is 4.90 Å². The molecule has 0 N–H and O–H groups in total. The molecule has 1 atom stereocenters. The molecule has 1 aliphatic heterocycles. The van der Waals surface area contributed by atoms with E-state index in [1.54, 1.807) is 7.11 Å². The van der Waals surface area contributed by atoms with Crippen molar-refractivity contribution < 1.29 is 9.53 Å². The van der Waals surface area contributed by atoms with Gasteiger partial charge < -0.3 is 9.64 Å². The van der Waals surface area contributed by atoms with Gasteiger partial charge in [0.25, 0.3) is 0 Å². The van der Waals surface area contributed by atoms with E-state index in [0.717, 1.165) is 19.5 Å². The summed E-state index contributed by atoms with van der Waals surface area (Å²) < 4.78 is 5.10. The van der Waals surface area contributed by atoms with Crippen molar-refractivity contribution in [3.8, 4) is 0 Å². The average Bonchev–Trinajstić information content (AvgIpc) is 2.33. The molecule has 0 aliphatic carbocycles. The van der Waals surface area contributed by atoms with Crippen LogP contribution in [-0.4, -0.2) is 37.1 Å². The van der Waals surface area contributed by atoms with E-state index in [1.165, 1.54) is 0 Å². The van der Waals surface area contributed by atoms with Gasteiger partial charge in [-0.15, -0.1) is 0 Å². The van der Waals surface area contributed by atoms with Crippen LogP contribution in [0, 0.1) is 0 Å². The Bertz CT molecular complexity index is 147. The van der Waals surface area contributed by atoms with E-state index in [9.17, 15) is 4.79 Å². The van der Waals surface area contributed by atoms with Crippen molar-refractivity contribution in [1.29, 1.82) is 0 Å². The van der Waals surface area contributed by atoms with Crippen LogP contribution in [0.4, 0.5) is 0 Å².